The van der Waals surface area contributed by atoms with Crippen LogP contribution in [0.4, 0.5) is 5.95 Å². The average molecular weight is 235 g/mol. The van der Waals surface area contributed by atoms with Crippen molar-refractivity contribution in [1.82, 2.24) is 19.8 Å². The largest absolute Gasteiger partial charge is 0.477 e. The number of rotatable bonds is 4. The minimum absolute atomic E-state index is 0.279. The van der Waals surface area contributed by atoms with Crippen molar-refractivity contribution < 1.29 is 4.74 Å². The maximum absolute atomic E-state index is 5.46. The van der Waals surface area contributed by atoms with E-state index >= 15 is 0 Å². The third-order valence-electron chi connectivity index (χ3n) is 2.24. The molecule has 1 N–H and O–H groups in total. The van der Waals surface area contributed by atoms with Crippen LogP contribution in [0.1, 0.15) is 26.3 Å². The van der Waals surface area contributed by atoms with E-state index in [0.29, 0.717) is 24.1 Å². The van der Waals surface area contributed by atoms with Crippen molar-refractivity contribution >= 4 is 11.6 Å². The lowest BCUT2D eigenvalue weighted by Crippen LogP contribution is -2.13. The van der Waals surface area contributed by atoms with E-state index in [-0.39, 0.29) is 6.04 Å². The molecular formula is C11H17N5O. The van der Waals surface area contributed by atoms with Gasteiger partial charge in [0.15, 0.2) is 5.65 Å². The molecule has 0 unspecified atom stereocenters. The second-order valence-electron chi connectivity index (χ2n) is 4.16. The van der Waals surface area contributed by atoms with Crippen molar-refractivity contribution in [1.29, 1.82) is 0 Å². The fraction of sp³-hybridized carbons (Fsp3) is 0.545. The maximum atomic E-state index is 5.46. The monoisotopic (exact) mass is 235 g/mol. The molecule has 2 aromatic rings. The topological polar surface area (TPSA) is 64.3 Å². The highest BCUT2D eigenvalue weighted by atomic mass is 16.5. The normalized spacial score (nSPS) is 11.1. The Kier molecular flexibility index (Phi) is 3.12. The van der Waals surface area contributed by atoms with Crippen LogP contribution >= 0.6 is 0 Å². The molecule has 2 heterocycles. The Hall–Kier alpha value is -1.85. The first kappa shape index (κ1) is 11.6. The molecule has 0 aromatic carbocycles. The number of nitrogens with one attached hydrogen (secondary N) is 1. The summed E-state index contributed by atoms with van der Waals surface area (Å²) in [6, 6.07) is 2.19. The van der Waals surface area contributed by atoms with Gasteiger partial charge in [-0.3, -0.25) is 0 Å². The van der Waals surface area contributed by atoms with Crippen molar-refractivity contribution in [2.45, 2.75) is 33.7 Å². The van der Waals surface area contributed by atoms with Gasteiger partial charge in [-0.05, 0) is 33.8 Å². The lowest BCUT2D eigenvalue weighted by Gasteiger charge is -2.09. The van der Waals surface area contributed by atoms with Gasteiger partial charge in [0, 0.05) is 11.6 Å². The second-order valence-corrected chi connectivity index (χ2v) is 4.16. The predicted molar refractivity (Wildman–Crippen MR) is 65.4 cm³/mol. The van der Waals surface area contributed by atoms with Crippen molar-refractivity contribution in [2.75, 3.05) is 11.9 Å². The first-order chi connectivity index (χ1) is 8.11. The molecule has 0 aliphatic heterocycles. The molecule has 0 aliphatic carbocycles. The SMILES string of the molecule is CCOc1nn2c(NC(C)C)nnc2cc1C. The van der Waals surface area contributed by atoms with Crippen LogP contribution in [0.3, 0.4) is 0 Å². The summed E-state index contributed by atoms with van der Waals surface area (Å²) in [4.78, 5) is 0. The standard InChI is InChI=1S/C11H17N5O/c1-5-17-10-8(4)6-9-13-14-11(12-7(2)3)16(9)15-10/h6-7H,5H2,1-4H3,(H,12,14). The smallest absolute Gasteiger partial charge is 0.246 e. The Balaban J connectivity index is 2.47. The molecule has 2 aromatic heterocycles. The van der Waals surface area contributed by atoms with Gasteiger partial charge in [0.1, 0.15) is 0 Å². The van der Waals surface area contributed by atoms with E-state index in [9.17, 15) is 0 Å². The summed E-state index contributed by atoms with van der Waals surface area (Å²) in [6.07, 6.45) is 0. The average Bonchev–Trinajstić information content (AvgIpc) is 2.61. The van der Waals surface area contributed by atoms with E-state index in [1.165, 1.54) is 0 Å². The summed E-state index contributed by atoms with van der Waals surface area (Å²) in [5.74, 6) is 1.25. The molecule has 6 nitrogen and oxygen atoms in total. The maximum Gasteiger partial charge on any atom is 0.246 e. The zero-order valence-electron chi connectivity index (χ0n) is 10.6. The molecule has 0 bridgehead atoms. The lowest BCUT2D eigenvalue weighted by molar-refractivity contribution is 0.319. The molecule has 0 saturated heterocycles. The van der Waals surface area contributed by atoms with E-state index in [0.717, 1.165) is 5.56 Å². The van der Waals surface area contributed by atoms with Gasteiger partial charge in [-0.25, -0.2) is 0 Å². The van der Waals surface area contributed by atoms with Crippen molar-refractivity contribution in [2.24, 2.45) is 0 Å². The zero-order valence-corrected chi connectivity index (χ0v) is 10.6. The predicted octanol–water partition coefficient (Wildman–Crippen LogP) is 1.65. The van der Waals surface area contributed by atoms with Crippen molar-refractivity contribution in [3.05, 3.63) is 11.6 Å². The highest BCUT2D eigenvalue weighted by Gasteiger charge is 2.11. The van der Waals surface area contributed by atoms with Gasteiger partial charge in [0.2, 0.25) is 11.8 Å². The van der Waals surface area contributed by atoms with Gasteiger partial charge < -0.3 is 10.1 Å². The number of aromatic nitrogens is 4. The Bertz CT molecular complexity index is 520. The number of hydrogen-bond acceptors (Lipinski definition) is 5. The van der Waals surface area contributed by atoms with E-state index < -0.39 is 0 Å². The number of ether oxygens (including phenoxy) is 1. The Morgan fingerprint density at radius 3 is 2.82 bits per heavy atom. The number of aryl methyl sites for hydroxylation is 1. The molecule has 0 saturated carbocycles. The summed E-state index contributed by atoms with van der Waals surface area (Å²) in [7, 11) is 0. The highest BCUT2D eigenvalue weighted by molar-refractivity contribution is 5.47. The Morgan fingerprint density at radius 2 is 2.18 bits per heavy atom. The molecular weight excluding hydrogens is 218 g/mol. The summed E-state index contributed by atoms with van der Waals surface area (Å²) in [5.41, 5.74) is 1.68. The molecule has 0 atom stereocenters. The van der Waals surface area contributed by atoms with E-state index in [4.69, 9.17) is 4.74 Å². The lowest BCUT2D eigenvalue weighted by atomic mass is 10.3. The first-order valence-corrected chi connectivity index (χ1v) is 5.74. The Morgan fingerprint density at radius 1 is 1.41 bits per heavy atom. The third-order valence-corrected chi connectivity index (χ3v) is 2.24. The van der Waals surface area contributed by atoms with Gasteiger partial charge in [-0.1, -0.05) is 0 Å². The van der Waals surface area contributed by atoms with Crippen LogP contribution in [-0.2, 0) is 0 Å². The fourth-order valence-electron chi connectivity index (χ4n) is 1.53. The molecule has 17 heavy (non-hydrogen) atoms. The van der Waals surface area contributed by atoms with Crippen molar-refractivity contribution in [3.8, 4) is 5.88 Å². The number of nitrogens with zero attached hydrogens (tertiary/aromatic N) is 4. The van der Waals surface area contributed by atoms with Gasteiger partial charge in [0.25, 0.3) is 0 Å². The van der Waals surface area contributed by atoms with E-state index in [2.05, 4.69) is 20.6 Å². The number of fused-ring (bicyclic) bond motifs is 1. The molecule has 0 amide bonds. The summed E-state index contributed by atoms with van der Waals surface area (Å²) in [5, 5.41) is 15.7. The van der Waals surface area contributed by atoms with Gasteiger partial charge in [-0.2, -0.15) is 4.52 Å². The van der Waals surface area contributed by atoms with Crippen molar-refractivity contribution in [3.63, 3.8) is 0 Å². The minimum atomic E-state index is 0.279. The molecule has 2 rings (SSSR count). The van der Waals surface area contributed by atoms with Crippen LogP contribution in [0.15, 0.2) is 6.07 Å². The zero-order chi connectivity index (χ0) is 12.4. The number of hydrogen-bond donors (Lipinski definition) is 1. The van der Waals surface area contributed by atoms with E-state index in [1.54, 1.807) is 4.52 Å². The molecule has 0 spiro atoms. The third kappa shape index (κ3) is 2.30. The first-order valence-electron chi connectivity index (χ1n) is 5.74. The second kappa shape index (κ2) is 4.57. The van der Waals surface area contributed by atoms with Crippen LogP contribution < -0.4 is 10.1 Å². The van der Waals surface area contributed by atoms with Gasteiger partial charge in [0.05, 0.1) is 6.61 Å². The molecule has 0 aliphatic rings. The fourth-order valence-corrected chi connectivity index (χ4v) is 1.53. The molecule has 0 fully saturated rings. The summed E-state index contributed by atoms with van der Waals surface area (Å²) in [6.45, 7) is 8.55. The highest BCUT2D eigenvalue weighted by Crippen LogP contribution is 2.17. The van der Waals surface area contributed by atoms with E-state index in [1.807, 2.05) is 33.8 Å². The minimum Gasteiger partial charge on any atom is -0.477 e. The van der Waals surface area contributed by atoms with Gasteiger partial charge >= 0.3 is 0 Å². The summed E-state index contributed by atoms with van der Waals surface area (Å²) < 4.78 is 7.12. The number of anilines is 1. The van der Waals surface area contributed by atoms with Crippen LogP contribution in [0.25, 0.3) is 5.65 Å². The van der Waals surface area contributed by atoms with Crippen LogP contribution in [0, 0.1) is 6.92 Å². The Labute approximate surface area is 100.0 Å². The van der Waals surface area contributed by atoms with Crippen LogP contribution in [-0.4, -0.2) is 32.5 Å². The summed E-state index contributed by atoms with van der Waals surface area (Å²) >= 11 is 0. The molecule has 92 valence electrons. The van der Waals surface area contributed by atoms with Gasteiger partial charge in [-0.15, -0.1) is 15.3 Å². The quantitative estimate of drug-likeness (QED) is 0.873. The van der Waals surface area contributed by atoms with Crippen LogP contribution in [0.2, 0.25) is 0 Å². The molecule has 6 heteroatoms. The van der Waals surface area contributed by atoms with Crippen LogP contribution in [0.5, 0.6) is 5.88 Å². The molecule has 0 radical (unpaired) electrons.